The van der Waals surface area contributed by atoms with Gasteiger partial charge in [-0.2, -0.15) is 4.68 Å². The van der Waals surface area contributed by atoms with Gasteiger partial charge >= 0.3 is 6.36 Å². The molecule has 0 radical (unpaired) electrons. The van der Waals surface area contributed by atoms with E-state index in [1.54, 1.807) is 6.92 Å². The summed E-state index contributed by atoms with van der Waals surface area (Å²) in [5.41, 5.74) is 0.446. The van der Waals surface area contributed by atoms with E-state index in [0.717, 1.165) is 23.9 Å². The van der Waals surface area contributed by atoms with Gasteiger partial charge in [-0.1, -0.05) is 25.6 Å². The Kier molecular flexibility index (Phi) is 6.46. The van der Waals surface area contributed by atoms with Crippen LogP contribution in [-0.4, -0.2) is 44.3 Å². The minimum absolute atomic E-state index is 0.146. The second-order valence-electron chi connectivity index (χ2n) is 5.81. The van der Waals surface area contributed by atoms with Gasteiger partial charge in [-0.3, -0.25) is 4.79 Å². The van der Waals surface area contributed by atoms with Gasteiger partial charge < -0.3 is 10.1 Å². The maximum Gasteiger partial charge on any atom is 0.573 e. The first-order valence-electron chi connectivity index (χ1n) is 7.74. The predicted octanol–water partition coefficient (Wildman–Crippen LogP) is 2.81. The van der Waals surface area contributed by atoms with E-state index in [0.29, 0.717) is 23.3 Å². The van der Waals surface area contributed by atoms with Gasteiger partial charge in [0, 0.05) is 6.54 Å². The van der Waals surface area contributed by atoms with E-state index in [2.05, 4.69) is 25.6 Å². The summed E-state index contributed by atoms with van der Waals surface area (Å²) >= 11 is 1.15. The number of carbonyl (C=O) groups is 1. The molecule has 11 heteroatoms. The van der Waals surface area contributed by atoms with Crippen LogP contribution < -0.4 is 10.1 Å². The van der Waals surface area contributed by atoms with Crippen molar-refractivity contribution in [3.05, 3.63) is 24.3 Å². The van der Waals surface area contributed by atoms with Crippen LogP contribution in [0, 0.1) is 5.92 Å². The van der Waals surface area contributed by atoms with Gasteiger partial charge in [-0.25, -0.2) is 0 Å². The first-order valence-corrected chi connectivity index (χ1v) is 8.62. The smallest absolute Gasteiger partial charge is 0.406 e. The Labute approximate surface area is 152 Å². The zero-order valence-corrected chi connectivity index (χ0v) is 15.1. The highest BCUT2D eigenvalue weighted by atomic mass is 32.2. The molecule has 26 heavy (non-hydrogen) atoms. The van der Waals surface area contributed by atoms with Crippen LogP contribution in [-0.2, 0) is 4.79 Å². The lowest BCUT2D eigenvalue weighted by Crippen LogP contribution is -2.33. The number of benzene rings is 1. The third-order valence-electron chi connectivity index (χ3n) is 3.09. The number of hydrogen-bond acceptors (Lipinski definition) is 6. The van der Waals surface area contributed by atoms with Crippen molar-refractivity contribution in [2.45, 2.75) is 37.5 Å². The molecular formula is C15H18F3N5O2S. The fourth-order valence-corrected chi connectivity index (χ4v) is 2.70. The van der Waals surface area contributed by atoms with E-state index >= 15 is 0 Å². The van der Waals surface area contributed by atoms with Crippen LogP contribution in [0.15, 0.2) is 29.4 Å². The molecule has 2 aromatic rings. The van der Waals surface area contributed by atoms with Crippen LogP contribution in [0.5, 0.6) is 5.75 Å². The van der Waals surface area contributed by atoms with E-state index in [4.69, 9.17) is 0 Å². The van der Waals surface area contributed by atoms with Crippen molar-refractivity contribution < 1.29 is 22.7 Å². The Morgan fingerprint density at radius 3 is 2.50 bits per heavy atom. The molecule has 0 fully saturated rings. The molecule has 0 aliphatic rings. The van der Waals surface area contributed by atoms with Crippen LogP contribution in [0.3, 0.4) is 0 Å². The zero-order chi connectivity index (χ0) is 19.3. The molecule has 1 heterocycles. The molecular weight excluding hydrogens is 371 g/mol. The molecule has 2 rings (SSSR count). The molecule has 0 saturated carbocycles. The summed E-state index contributed by atoms with van der Waals surface area (Å²) in [6, 6.07) is 5.12. The molecule has 0 spiro atoms. The first kappa shape index (κ1) is 20.0. The molecule has 1 N–H and O–H groups in total. The third-order valence-corrected chi connectivity index (χ3v) is 4.12. The number of nitrogens with zero attached hydrogens (tertiary/aromatic N) is 4. The summed E-state index contributed by atoms with van der Waals surface area (Å²) in [5.74, 6) is -0.156. The summed E-state index contributed by atoms with van der Waals surface area (Å²) < 4.78 is 41.8. The fraction of sp³-hybridized carbons (Fsp3) is 0.467. The van der Waals surface area contributed by atoms with Gasteiger partial charge in [0.1, 0.15) is 5.75 Å². The fourth-order valence-electron chi connectivity index (χ4n) is 1.86. The average Bonchev–Trinajstić information content (AvgIpc) is 2.99. The second kappa shape index (κ2) is 8.39. The van der Waals surface area contributed by atoms with Crippen molar-refractivity contribution in [2.75, 3.05) is 6.54 Å². The highest BCUT2D eigenvalue weighted by Crippen LogP contribution is 2.26. The summed E-state index contributed by atoms with van der Waals surface area (Å²) in [7, 11) is 0. The minimum atomic E-state index is -4.75. The number of halogens is 3. The van der Waals surface area contributed by atoms with Crippen molar-refractivity contribution >= 4 is 17.7 Å². The first-order chi connectivity index (χ1) is 12.2. The number of alkyl halides is 3. The highest BCUT2D eigenvalue weighted by molar-refractivity contribution is 8.00. The molecule has 142 valence electrons. The van der Waals surface area contributed by atoms with Crippen LogP contribution in [0.2, 0.25) is 0 Å². The normalized spacial score (nSPS) is 12.9. The largest absolute Gasteiger partial charge is 0.573 e. The number of nitrogens with one attached hydrogen (secondary N) is 1. The number of carbonyl (C=O) groups excluding carboxylic acids is 1. The van der Waals surface area contributed by atoms with Crippen LogP contribution in [0.1, 0.15) is 20.8 Å². The summed E-state index contributed by atoms with van der Waals surface area (Å²) in [5, 5.41) is 14.0. The number of thioether (sulfide) groups is 1. The molecule has 1 aromatic carbocycles. The van der Waals surface area contributed by atoms with E-state index in [1.165, 1.54) is 16.8 Å². The van der Waals surface area contributed by atoms with Crippen molar-refractivity contribution in [3.63, 3.8) is 0 Å². The Bertz CT molecular complexity index is 734. The van der Waals surface area contributed by atoms with Crippen LogP contribution in [0.4, 0.5) is 13.2 Å². The Balaban J connectivity index is 2.07. The van der Waals surface area contributed by atoms with E-state index in [9.17, 15) is 18.0 Å². The Morgan fingerprint density at radius 2 is 1.92 bits per heavy atom. The minimum Gasteiger partial charge on any atom is -0.406 e. The number of hydrogen-bond donors (Lipinski definition) is 1. The predicted molar refractivity (Wildman–Crippen MR) is 89.0 cm³/mol. The van der Waals surface area contributed by atoms with Gasteiger partial charge in [0.2, 0.25) is 11.1 Å². The van der Waals surface area contributed by atoms with Gasteiger partial charge in [0.05, 0.1) is 10.9 Å². The maximum absolute atomic E-state index is 12.2. The molecule has 0 bridgehead atoms. The molecule has 0 unspecified atom stereocenters. The standard InChI is InChI=1S/C15H18F3N5O2S/c1-9(2)8-19-13(24)10(3)26-14-20-21-22-23(14)11-4-6-12(7-5-11)25-15(16,17)18/h4-7,9-10H,8H2,1-3H3,(H,19,24)/t10-/m0/s1. The maximum atomic E-state index is 12.2. The topological polar surface area (TPSA) is 81.9 Å². The average molecular weight is 389 g/mol. The SMILES string of the molecule is CC(C)CNC(=O)[C@H](C)Sc1nnnn1-c1ccc(OC(F)(F)F)cc1. The van der Waals surface area contributed by atoms with Crippen LogP contribution in [0.25, 0.3) is 5.69 Å². The molecule has 1 aromatic heterocycles. The number of rotatable bonds is 7. The quantitative estimate of drug-likeness (QED) is 0.734. The lowest BCUT2D eigenvalue weighted by Gasteiger charge is -2.13. The molecule has 0 saturated heterocycles. The molecule has 7 nitrogen and oxygen atoms in total. The number of ether oxygens (including phenoxy) is 1. The zero-order valence-electron chi connectivity index (χ0n) is 14.3. The summed E-state index contributed by atoms with van der Waals surface area (Å²) in [4.78, 5) is 12.1. The van der Waals surface area contributed by atoms with Crippen molar-refractivity contribution in [3.8, 4) is 11.4 Å². The summed E-state index contributed by atoms with van der Waals surface area (Å²) in [6.07, 6.45) is -4.75. The molecule has 1 atom stereocenters. The lowest BCUT2D eigenvalue weighted by molar-refractivity contribution is -0.274. The van der Waals surface area contributed by atoms with E-state index < -0.39 is 11.6 Å². The van der Waals surface area contributed by atoms with Crippen molar-refractivity contribution in [1.29, 1.82) is 0 Å². The van der Waals surface area contributed by atoms with Gasteiger partial charge in [-0.05, 0) is 47.5 Å². The molecule has 0 aliphatic heterocycles. The van der Waals surface area contributed by atoms with E-state index in [1.807, 2.05) is 13.8 Å². The number of amides is 1. The Hall–Kier alpha value is -2.30. The van der Waals surface area contributed by atoms with Crippen molar-refractivity contribution in [1.82, 2.24) is 25.5 Å². The van der Waals surface area contributed by atoms with Gasteiger partial charge in [0.25, 0.3) is 0 Å². The molecule has 1 amide bonds. The third kappa shape index (κ3) is 5.90. The highest BCUT2D eigenvalue weighted by Gasteiger charge is 2.31. The van der Waals surface area contributed by atoms with Gasteiger partial charge in [0.15, 0.2) is 0 Å². The lowest BCUT2D eigenvalue weighted by atomic mass is 10.2. The van der Waals surface area contributed by atoms with E-state index in [-0.39, 0.29) is 11.7 Å². The van der Waals surface area contributed by atoms with Crippen molar-refractivity contribution in [2.24, 2.45) is 5.92 Å². The van der Waals surface area contributed by atoms with Gasteiger partial charge in [-0.15, -0.1) is 18.3 Å². The number of aromatic nitrogens is 4. The Morgan fingerprint density at radius 1 is 1.27 bits per heavy atom. The molecule has 0 aliphatic carbocycles. The van der Waals surface area contributed by atoms with Crippen LogP contribution >= 0.6 is 11.8 Å². The second-order valence-corrected chi connectivity index (χ2v) is 7.12. The monoisotopic (exact) mass is 389 g/mol. The number of tetrazole rings is 1. The summed E-state index contributed by atoms with van der Waals surface area (Å²) in [6.45, 7) is 6.27.